The summed E-state index contributed by atoms with van der Waals surface area (Å²) in [6.45, 7) is 4.14. The maximum atomic E-state index is 10.5. The van der Waals surface area contributed by atoms with Crippen LogP contribution in [0.3, 0.4) is 0 Å². The van der Waals surface area contributed by atoms with Crippen LogP contribution >= 0.6 is 0 Å². The molecule has 1 aromatic rings. The molecule has 0 saturated heterocycles. The van der Waals surface area contributed by atoms with Gasteiger partial charge in [0.2, 0.25) is 0 Å². The number of hydrogen-bond donors (Lipinski definition) is 2. The molecule has 1 aromatic carbocycles. The number of allylic oxidation sites excluding steroid dienone is 1. The van der Waals surface area contributed by atoms with E-state index in [-0.39, 0.29) is 6.42 Å². The summed E-state index contributed by atoms with van der Waals surface area (Å²) in [6.07, 6.45) is 8.21. The van der Waals surface area contributed by atoms with E-state index in [2.05, 4.69) is 25.1 Å². The number of carbonyl (C=O) groups is 1. The Bertz CT molecular complexity index is 501. The molecule has 0 spiro atoms. The minimum Gasteiger partial charge on any atom is -0.481 e. The molecule has 2 N–H and O–H groups in total. The van der Waals surface area contributed by atoms with Gasteiger partial charge in [0.1, 0.15) is 0 Å². The van der Waals surface area contributed by atoms with Crippen molar-refractivity contribution in [3.05, 3.63) is 47.0 Å². The Morgan fingerprint density at radius 1 is 1.25 bits per heavy atom. The fourth-order valence-electron chi connectivity index (χ4n) is 1.87. The second kappa shape index (κ2) is 8.33. The van der Waals surface area contributed by atoms with Crippen molar-refractivity contribution in [1.82, 2.24) is 0 Å². The number of aryl methyl sites for hydroxylation is 1. The molecule has 1 unspecified atom stereocenters. The average molecular weight is 274 g/mol. The van der Waals surface area contributed by atoms with Crippen LogP contribution in [0.15, 0.2) is 30.4 Å². The first kappa shape index (κ1) is 16.2. The second-order valence-electron chi connectivity index (χ2n) is 4.83. The SMILES string of the molecule is CCC=Cc1cc(C)ccc1C=CCC(O)CC(=O)O. The molecule has 1 rings (SSSR count). The van der Waals surface area contributed by atoms with Crippen LogP contribution in [-0.4, -0.2) is 22.3 Å². The Labute approximate surface area is 120 Å². The summed E-state index contributed by atoms with van der Waals surface area (Å²) < 4.78 is 0. The van der Waals surface area contributed by atoms with Crippen LogP contribution in [-0.2, 0) is 4.79 Å². The van der Waals surface area contributed by atoms with Crippen molar-refractivity contribution in [2.24, 2.45) is 0 Å². The van der Waals surface area contributed by atoms with E-state index >= 15 is 0 Å². The minimum atomic E-state index is -0.979. The topological polar surface area (TPSA) is 57.5 Å². The van der Waals surface area contributed by atoms with Crippen LogP contribution in [0.1, 0.15) is 42.9 Å². The maximum absolute atomic E-state index is 10.5. The van der Waals surface area contributed by atoms with Crippen molar-refractivity contribution < 1.29 is 15.0 Å². The van der Waals surface area contributed by atoms with Crippen LogP contribution in [0.25, 0.3) is 12.2 Å². The smallest absolute Gasteiger partial charge is 0.305 e. The number of hydrogen-bond acceptors (Lipinski definition) is 2. The first-order chi connectivity index (χ1) is 9.52. The Balaban J connectivity index is 2.75. The van der Waals surface area contributed by atoms with Crippen LogP contribution in [0.5, 0.6) is 0 Å². The monoisotopic (exact) mass is 274 g/mol. The van der Waals surface area contributed by atoms with Crippen LogP contribution in [0.4, 0.5) is 0 Å². The lowest BCUT2D eigenvalue weighted by Gasteiger charge is -2.05. The molecule has 20 heavy (non-hydrogen) atoms. The van der Waals surface area contributed by atoms with Crippen molar-refractivity contribution in [3.8, 4) is 0 Å². The fraction of sp³-hybridized carbons (Fsp3) is 0.353. The molecule has 0 aromatic heterocycles. The molecule has 1 atom stereocenters. The highest BCUT2D eigenvalue weighted by Gasteiger charge is 2.06. The summed E-state index contributed by atoms with van der Waals surface area (Å²) in [5.41, 5.74) is 3.41. The van der Waals surface area contributed by atoms with Crippen LogP contribution < -0.4 is 0 Å². The van der Waals surface area contributed by atoms with Crippen molar-refractivity contribution >= 4 is 18.1 Å². The lowest BCUT2D eigenvalue weighted by Crippen LogP contribution is -2.11. The molecule has 0 amide bonds. The normalized spacial score (nSPS) is 13.2. The number of rotatable bonds is 7. The molecule has 3 nitrogen and oxygen atoms in total. The largest absolute Gasteiger partial charge is 0.481 e. The molecule has 108 valence electrons. The van der Waals surface area contributed by atoms with Gasteiger partial charge < -0.3 is 10.2 Å². The third-order valence-corrected chi connectivity index (χ3v) is 2.89. The fourth-order valence-corrected chi connectivity index (χ4v) is 1.87. The van der Waals surface area contributed by atoms with E-state index in [0.29, 0.717) is 6.42 Å². The molecule has 0 radical (unpaired) electrons. The van der Waals surface area contributed by atoms with Gasteiger partial charge in [-0.2, -0.15) is 0 Å². The van der Waals surface area contributed by atoms with Gasteiger partial charge in [-0.1, -0.05) is 55.0 Å². The summed E-state index contributed by atoms with van der Waals surface area (Å²) in [5.74, 6) is -0.979. The number of aliphatic carboxylic acids is 1. The highest BCUT2D eigenvalue weighted by Crippen LogP contribution is 2.16. The molecule has 0 heterocycles. The lowest BCUT2D eigenvalue weighted by molar-refractivity contribution is -0.139. The third-order valence-electron chi connectivity index (χ3n) is 2.89. The molecule has 0 saturated carbocycles. The number of benzene rings is 1. The van der Waals surface area contributed by atoms with E-state index in [0.717, 1.165) is 17.5 Å². The summed E-state index contributed by atoms with van der Waals surface area (Å²) in [7, 11) is 0. The Kier molecular flexibility index (Phi) is 6.74. The van der Waals surface area contributed by atoms with Gasteiger partial charge in [-0.05, 0) is 30.9 Å². The Morgan fingerprint density at radius 2 is 1.95 bits per heavy atom. The second-order valence-corrected chi connectivity index (χ2v) is 4.83. The number of carboxylic acids is 1. The number of carboxylic acid groups (broad SMARTS) is 1. The highest BCUT2D eigenvalue weighted by molar-refractivity contribution is 5.68. The number of aliphatic hydroxyl groups is 1. The van der Waals surface area contributed by atoms with Crippen molar-refractivity contribution in [2.75, 3.05) is 0 Å². The number of aliphatic hydroxyl groups excluding tert-OH is 1. The van der Waals surface area contributed by atoms with E-state index in [1.54, 1.807) is 0 Å². The van der Waals surface area contributed by atoms with Crippen LogP contribution in [0.2, 0.25) is 0 Å². The maximum Gasteiger partial charge on any atom is 0.305 e. The molecule has 3 heteroatoms. The zero-order chi connectivity index (χ0) is 15.0. The van der Waals surface area contributed by atoms with Crippen molar-refractivity contribution in [3.63, 3.8) is 0 Å². The zero-order valence-electron chi connectivity index (χ0n) is 12.0. The summed E-state index contributed by atoms with van der Waals surface area (Å²) in [6, 6.07) is 6.18. The van der Waals surface area contributed by atoms with Crippen molar-refractivity contribution in [1.29, 1.82) is 0 Å². The lowest BCUT2D eigenvalue weighted by atomic mass is 10.0. The van der Waals surface area contributed by atoms with Crippen LogP contribution in [0, 0.1) is 6.92 Å². The minimum absolute atomic E-state index is 0.221. The summed E-state index contributed by atoms with van der Waals surface area (Å²) in [4.78, 5) is 10.5. The van der Waals surface area contributed by atoms with Crippen molar-refractivity contribution in [2.45, 2.75) is 39.2 Å². The first-order valence-corrected chi connectivity index (χ1v) is 6.86. The summed E-state index contributed by atoms with van der Waals surface area (Å²) in [5, 5.41) is 18.1. The van der Waals surface area contributed by atoms with E-state index in [1.165, 1.54) is 5.56 Å². The standard InChI is InChI=1S/C17H22O3/c1-3-4-6-15-11-13(2)9-10-14(15)7-5-8-16(18)12-17(19)20/h4-7,9-11,16,18H,3,8,12H2,1-2H3,(H,19,20). The van der Waals surface area contributed by atoms with Gasteiger partial charge in [0.05, 0.1) is 12.5 Å². The molecular weight excluding hydrogens is 252 g/mol. The van der Waals surface area contributed by atoms with E-state index < -0.39 is 12.1 Å². The predicted octanol–water partition coefficient (Wildman–Crippen LogP) is 3.66. The zero-order valence-corrected chi connectivity index (χ0v) is 12.0. The van der Waals surface area contributed by atoms with Gasteiger partial charge in [0.15, 0.2) is 0 Å². The van der Waals surface area contributed by atoms with Gasteiger partial charge in [0, 0.05) is 0 Å². The molecule has 0 aliphatic heterocycles. The highest BCUT2D eigenvalue weighted by atomic mass is 16.4. The predicted molar refractivity (Wildman–Crippen MR) is 82.4 cm³/mol. The molecule has 0 aliphatic rings. The van der Waals surface area contributed by atoms with E-state index in [4.69, 9.17) is 5.11 Å². The molecule has 0 bridgehead atoms. The molecule has 0 fully saturated rings. The average Bonchev–Trinajstić information content (AvgIpc) is 2.37. The summed E-state index contributed by atoms with van der Waals surface area (Å²) >= 11 is 0. The van der Waals surface area contributed by atoms with Gasteiger partial charge in [-0.15, -0.1) is 0 Å². The van der Waals surface area contributed by atoms with Gasteiger partial charge in [-0.3, -0.25) is 4.79 Å². The molecular formula is C17H22O3. The Hall–Kier alpha value is -1.87. The van der Waals surface area contributed by atoms with Gasteiger partial charge in [0.25, 0.3) is 0 Å². The van der Waals surface area contributed by atoms with Gasteiger partial charge >= 0.3 is 5.97 Å². The van der Waals surface area contributed by atoms with E-state index in [1.807, 2.05) is 31.2 Å². The first-order valence-electron chi connectivity index (χ1n) is 6.86. The van der Waals surface area contributed by atoms with E-state index in [9.17, 15) is 9.90 Å². The Morgan fingerprint density at radius 3 is 2.60 bits per heavy atom. The third kappa shape index (κ3) is 5.85. The quantitative estimate of drug-likeness (QED) is 0.797. The molecule has 0 aliphatic carbocycles. The van der Waals surface area contributed by atoms with Gasteiger partial charge in [-0.25, -0.2) is 0 Å².